The van der Waals surface area contributed by atoms with Crippen LogP contribution in [-0.4, -0.2) is 30.6 Å². The fourth-order valence-electron chi connectivity index (χ4n) is 1.69. The highest BCUT2D eigenvalue weighted by Gasteiger charge is 2.20. The van der Waals surface area contributed by atoms with Crippen LogP contribution < -0.4 is 10.5 Å². The van der Waals surface area contributed by atoms with Gasteiger partial charge in [0.25, 0.3) is 0 Å². The smallest absolute Gasteiger partial charge is 0.196 e. The molecule has 0 bridgehead atoms. The summed E-state index contributed by atoms with van der Waals surface area (Å²) in [6.45, 7) is 3.66. The molecule has 0 saturated carbocycles. The third-order valence-electron chi connectivity index (χ3n) is 2.41. The van der Waals surface area contributed by atoms with Crippen molar-refractivity contribution in [1.29, 1.82) is 0 Å². The van der Waals surface area contributed by atoms with Crippen molar-refractivity contribution in [3.63, 3.8) is 0 Å². The normalized spacial score (nSPS) is 12.3. The fourth-order valence-corrected chi connectivity index (χ4v) is 1.69. The number of benzene rings is 1. The first-order valence-electron chi connectivity index (χ1n) is 5.08. The summed E-state index contributed by atoms with van der Waals surface area (Å²) in [5.41, 5.74) is 7.47. The van der Waals surface area contributed by atoms with E-state index in [-0.39, 0.29) is 6.54 Å². The van der Waals surface area contributed by atoms with Crippen molar-refractivity contribution in [2.24, 2.45) is 5.73 Å². The van der Waals surface area contributed by atoms with Gasteiger partial charge in [-0.2, -0.15) is 0 Å². The van der Waals surface area contributed by atoms with Crippen LogP contribution in [0.4, 0.5) is 0 Å². The average Bonchev–Trinajstić information content (AvgIpc) is 2.26. The first kappa shape index (κ1) is 12.7. The molecule has 0 fully saturated rings. The van der Waals surface area contributed by atoms with Crippen molar-refractivity contribution in [1.82, 2.24) is 0 Å². The predicted octanol–water partition coefficient (Wildman–Crippen LogP) is 0.814. The topological polar surface area (TPSA) is 72.5 Å². The second-order valence-corrected chi connectivity index (χ2v) is 3.78. The molecule has 1 aromatic rings. The summed E-state index contributed by atoms with van der Waals surface area (Å²) >= 11 is 0. The Morgan fingerprint density at radius 1 is 1.50 bits per heavy atom. The SMILES string of the molecule is COc1c(C)cc(C)cc1C(=O)C(O)CN. The Bertz CT molecular complexity index is 401. The van der Waals surface area contributed by atoms with Crippen LogP contribution in [-0.2, 0) is 0 Å². The molecule has 0 aliphatic carbocycles. The minimum absolute atomic E-state index is 0.0883. The van der Waals surface area contributed by atoms with Crippen molar-refractivity contribution in [3.05, 3.63) is 28.8 Å². The van der Waals surface area contributed by atoms with E-state index in [0.29, 0.717) is 11.3 Å². The van der Waals surface area contributed by atoms with E-state index in [0.717, 1.165) is 11.1 Å². The van der Waals surface area contributed by atoms with E-state index < -0.39 is 11.9 Å². The zero-order valence-electron chi connectivity index (χ0n) is 9.78. The van der Waals surface area contributed by atoms with Crippen molar-refractivity contribution < 1.29 is 14.6 Å². The molecule has 3 N–H and O–H groups in total. The first-order chi connectivity index (χ1) is 7.51. The molecule has 1 rings (SSSR count). The summed E-state index contributed by atoms with van der Waals surface area (Å²) in [7, 11) is 1.50. The van der Waals surface area contributed by atoms with Crippen LogP contribution >= 0.6 is 0 Å². The maximum atomic E-state index is 11.8. The molecular formula is C12H17NO3. The largest absolute Gasteiger partial charge is 0.496 e. The lowest BCUT2D eigenvalue weighted by atomic mass is 9.99. The number of methoxy groups -OCH3 is 1. The first-order valence-corrected chi connectivity index (χ1v) is 5.08. The van der Waals surface area contributed by atoms with Crippen molar-refractivity contribution in [2.75, 3.05) is 13.7 Å². The van der Waals surface area contributed by atoms with Gasteiger partial charge in [-0.25, -0.2) is 0 Å². The molecule has 16 heavy (non-hydrogen) atoms. The Morgan fingerprint density at radius 2 is 2.12 bits per heavy atom. The highest BCUT2D eigenvalue weighted by Crippen LogP contribution is 2.26. The molecule has 0 aliphatic rings. The van der Waals surface area contributed by atoms with Crippen molar-refractivity contribution in [2.45, 2.75) is 20.0 Å². The van der Waals surface area contributed by atoms with Crippen molar-refractivity contribution >= 4 is 5.78 Å². The highest BCUT2D eigenvalue weighted by atomic mass is 16.5. The van der Waals surface area contributed by atoms with Gasteiger partial charge < -0.3 is 15.6 Å². The number of ketones is 1. The standard InChI is InChI=1S/C12H17NO3/c1-7-4-8(2)12(16-3)9(5-7)11(15)10(14)6-13/h4-5,10,14H,6,13H2,1-3H3. The Labute approximate surface area is 95.0 Å². The molecular weight excluding hydrogens is 206 g/mol. The van der Waals surface area contributed by atoms with Gasteiger partial charge in [0, 0.05) is 6.54 Å². The molecule has 1 aromatic carbocycles. The van der Waals surface area contributed by atoms with E-state index in [1.165, 1.54) is 7.11 Å². The summed E-state index contributed by atoms with van der Waals surface area (Å²) in [4.78, 5) is 11.8. The van der Waals surface area contributed by atoms with Gasteiger partial charge in [0.2, 0.25) is 0 Å². The van der Waals surface area contributed by atoms with Gasteiger partial charge in [-0.1, -0.05) is 6.07 Å². The second kappa shape index (κ2) is 5.09. The zero-order valence-corrected chi connectivity index (χ0v) is 9.78. The predicted molar refractivity (Wildman–Crippen MR) is 61.9 cm³/mol. The second-order valence-electron chi connectivity index (χ2n) is 3.78. The summed E-state index contributed by atoms with van der Waals surface area (Å²) in [6.07, 6.45) is -1.17. The lowest BCUT2D eigenvalue weighted by Crippen LogP contribution is -2.29. The molecule has 4 nitrogen and oxygen atoms in total. The van der Waals surface area contributed by atoms with Gasteiger partial charge >= 0.3 is 0 Å². The van der Waals surface area contributed by atoms with E-state index in [9.17, 15) is 9.90 Å². The molecule has 88 valence electrons. The number of aryl methyl sites for hydroxylation is 2. The summed E-state index contributed by atoms with van der Waals surface area (Å²) in [6, 6.07) is 3.62. The van der Waals surface area contributed by atoms with Crippen LogP contribution in [0.25, 0.3) is 0 Å². The van der Waals surface area contributed by atoms with E-state index in [1.807, 2.05) is 19.9 Å². The van der Waals surface area contributed by atoms with Gasteiger partial charge in [0.1, 0.15) is 11.9 Å². The summed E-state index contributed by atoms with van der Waals surface area (Å²) in [5, 5.41) is 9.45. The molecule has 4 heteroatoms. The van der Waals surface area contributed by atoms with Crippen LogP contribution in [0.1, 0.15) is 21.5 Å². The number of rotatable bonds is 4. The van der Waals surface area contributed by atoms with Crippen LogP contribution in [0.5, 0.6) is 5.75 Å². The fraction of sp³-hybridized carbons (Fsp3) is 0.417. The Morgan fingerprint density at radius 3 is 2.62 bits per heavy atom. The maximum absolute atomic E-state index is 11.8. The Hall–Kier alpha value is -1.39. The third-order valence-corrected chi connectivity index (χ3v) is 2.41. The molecule has 0 spiro atoms. The number of Topliss-reactive ketones (excluding diaryl/α,β-unsaturated/α-hetero) is 1. The molecule has 0 heterocycles. The summed E-state index contributed by atoms with van der Waals surface area (Å²) in [5.74, 6) is 0.106. The molecule has 0 aliphatic heterocycles. The minimum atomic E-state index is -1.17. The van der Waals surface area contributed by atoms with Gasteiger partial charge in [-0.15, -0.1) is 0 Å². The zero-order chi connectivity index (χ0) is 12.3. The Balaban J connectivity index is 3.26. The average molecular weight is 223 g/mol. The van der Waals surface area contributed by atoms with Crippen LogP contribution in [0.15, 0.2) is 12.1 Å². The monoisotopic (exact) mass is 223 g/mol. The van der Waals surface area contributed by atoms with E-state index in [4.69, 9.17) is 10.5 Å². The quantitative estimate of drug-likeness (QED) is 0.741. The number of aliphatic hydroxyl groups is 1. The molecule has 0 radical (unpaired) electrons. The minimum Gasteiger partial charge on any atom is -0.496 e. The number of carbonyl (C=O) groups excluding carboxylic acids is 1. The number of carbonyl (C=O) groups is 1. The number of hydrogen-bond donors (Lipinski definition) is 2. The molecule has 0 amide bonds. The van der Waals surface area contributed by atoms with E-state index >= 15 is 0 Å². The molecule has 0 aromatic heterocycles. The number of aliphatic hydroxyl groups excluding tert-OH is 1. The maximum Gasteiger partial charge on any atom is 0.196 e. The van der Waals surface area contributed by atoms with Crippen LogP contribution in [0, 0.1) is 13.8 Å². The third kappa shape index (κ3) is 2.40. The lowest BCUT2D eigenvalue weighted by molar-refractivity contribution is 0.0759. The van der Waals surface area contributed by atoms with Gasteiger partial charge in [-0.05, 0) is 31.0 Å². The Kier molecular flexibility index (Phi) is 4.04. The highest BCUT2D eigenvalue weighted by molar-refractivity contribution is 6.02. The van der Waals surface area contributed by atoms with Gasteiger partial charge in [0.05, 0.1) is 12.7 Å². The number of hydrogen-bond acceptors (Lipinski definition) is 4. The van der Waals surface area contributed by atoms with E-state index in [2.05, 4.69) is 0 Å². The van der Waals surface area contributed by atoms with Gasteiger partial charge in [0.15, 0.2) is 5.78 Å². The summed E-state index contributed by atoms with van der Waals surface area (Å²) < 4.78 is 5.17. The van der Waals surface area contributed by atoms with Gasteiger partial charge in [-0.3, -0.25) is 4.79 Å². The van der Waals surface area contributed by atoms with Crippen LogP contribution in [0.3, 0.4) is 0 Å². The molecule has 1 atom stereocenters. The lowest BCUT2D eigenvalue weighted by Gasteiger charge is -2.14. The molecule has 1 unspecified atom stereocenters. The van der Waals surface area contributed by atoms with Crippen molar-refractivity contribution in [3.8, 4) is 5.75 Å². The van der Waals surface area contributed by atoms with E-state index in [1.54, 1.807) is 6.07 Å². The number of ether oxygens (including phenoxy) is 1. The van der Waals surface area contributed by atoms with Crippen LogP contribution in [0.2, 0.25) is 0 Å². The number of nitrogens with two attached hydrogens (primary N) is 1. The molecule has 0 saturated heterocycles.